The number of H-pyrrole nitrogens is 1. The molecule has 0 saturated carbocycles. The van der Waals surface area contributed by atoms with E-state index >= 15 is 0 Å². The van der Waals surface area contributed by atoms with Gasteiger partial charge in [0, 0.05) is 23.4 Å². The maximum Gasteiger partial charge on any atom is 0.343 e. The van der Waals surface area contributed by atoms with E-state index < -0.39 is 0 Å². The summed E-state index contributed by atoms with van der Waals surface area (Å²) >= 11 is 2.99. The Hall–Kier alpha value is -1.32. The number of aromatic amines is 1. The smallest absolute Gasteiger partial charge is 0.300 e. The molecule has 0 aliphatic heterocycles. The van der Waals surface area contributed by atoms with E-state index in [1.54, 1.807) is 10.8 Å². The van der Waals surface area contributed by atoms with Gasteiger partial charge in [0.25, 0.3) is 0 Å². The molecule has 0 radical (unpaired) electrons. The fraction of sp³-hybridized carbons (Fsp3) is 0.444. The van der Waals surface area contributed by atoms with Crippen LogP contribution in [0.4, 0.5) is 5.13 Å². The van der Waals surface area contributed by atoms with E-state index in [1.165, 1.54) is 23.1 Å². The molecule has 18 heavy (non-hydrogen) atoms. The van der Waals surface area contributed by atoms with Crippen LogP contribution in [0.1, 0.15) is 18.2 Å². The highest BCUT2D eigenvalue weighted by Gasteiger charge is 2.09. The SMILES string of the molecule is CCCn1c(SCc2cnc(NN)s2)n[nH]c1=O. The maximum atomic E-state index is 11.5. The summed E-state index contributed by atoms with van der Waals surface area (Å²) in [5, 5.41) is 7.86. The highest BCUT2D eigenvalue weighted by atomic mass is 32.2. The zero-order valence-corrected chi connectivity index (χ0v) is 11.5. The number of hydrogen-bond donors (Lipinski definition) is 3. The predicted molar refractivity (Wildman–Crippen MR) is 72.6 cm³/mol. The van der Waals surface area contributed by atoms with E-state index in [4.69, 9.17) is 5.84 Å². The first-order chi connectivity index (χ1) is 8.74. The van der Waals surface area contributed by atoms with Crippen molar-refractivity contribution in [3.8, 4) is 0 Å². The molecule has 9 heteroatoms. The molecule has 2 aromatic rings. The minimum absolute atomic E-state index is 0.159. The Bertz CT molecular complexity index is 559. The molecular weight excluding hydrogens is 272 g/mol. The molecule has 2 aromatic heterocycles. The average Bonchev–Trinajstić information content (AvgIpc) is 2.96. The van der Waals surface area contributed by atoms with Gasteiger partial charge in [-0.15, -0.1) is 16.4 Å². The molecule has 0 aliphatic rings. The highest BCUT2D eigenvalue weighted by Crippen LogP contribution is 2.25. The Morgan fingerprint density at radius 1 is 1.67 bits per heavy atom. The van der Waals surface area contributed by atoms with E-state index in [2.05, 4.69) is 20.6 Å². The van der Waals surface area contributed by atoms with Gasteiger partial charge in [-0.05, 0) is 6.42 Å². The number of nitrogens with one attached hydrogen (secondary N) is 2. The van der Waals surface area contributed by atoms with Crippen LogP contribution in [0.15, 0.2) is 16.1 Å². The van der Waals surface area contributed by atoms with Crippen molar-refractivity contribution in [3.05, 3.63) is 21.6 Å². The van der Waals surface area contributed by atoms with Crippen molar-refractivity contribution in [1.29, 1.82) is 0 Å². The van der Waals surface area contributed by atoms with Crippen molar-refractivity contribution < 1.29 is 0 Å². The van der Waals surface area contributed by atoms with Gasteiger partial charge in [0.2, 0.25) is 0 Å². The van der Waals surface area contributed by atoms with E-state index in [0.717, 1.165) is 11.3 Å². The topological polar surface area (TPSA) is 102 Å². The van der Waals surface area contributed by atoms with Crippen LogP contribution in [0.3, 0.4) is 0 Å². The number of nitrogens with two attached hydrogens (primary N) is 1. The van der Waals surface area contributed by atoms with Crippen molar-refractivity contribution in [2.24, 2.45) is 5.84 Å². The number of nitrogen functional groups attached to an aromatic ring is 1. The number of rotatable bonds is 6. The molecule has 0 atom stereocenters. The largest absolute Gasteiger partial charge is 0.343 e. The number of nitrogens with zero attached hydrogens (tertiary/aromatic N) is 3. The Morgan fingerprint density at radius 2 is 2.50 bits per heavy atom. The third kappa shape index (κ3) is 2.92. The number of hydrogen-bond acceptors (Lipinski definition) is 7. The predicted octanol–water partition coefficient (Wildman–Crippen LogP) is 1.02. The average molecular weight is 286 g/mol. The normalized spacial score (nSPS) is 10.8. The third-order valence-electron chi connectivity index (χ3n) is 2.19. The van der Waals surface area contributed by atoms with Crippen LogP contribution in [-0.4, -0.2) is 19.7 Å². The van der Waals surface area contributed by atoms with Gasteiger partial charge < -0.3 is 0 Å². The summed E-state index contributed by atoms with van der Waals surface area (Å²) < 4.78 is 1.65. The van der Waals surface area contributed by atoms with Gasteiger partial charge in [-0.1, -0.05) is 18.7 Å². The molecule has 0 aromatic carbocycles. The number of aromatic nitrogens is 4. The van der Waals surface area contributed by atoms with Crippen LogP contribution in [0.2, 0.25) is 0 Å². The number of anilines is 1. The van der Waals surface area contributed by atoms with Gasteiger partial charge in [0.15, 0.2) is 10.3 Å². The highest BCUT2D eigenvalue weighted by molar-refractivity contribution is 7.98. The van der Waals surface area contributed by atoms with Crippen LogP contribution in [0.5, 0.6) is 0 Å². The Balaban J connectivity index is 2.03. The molecule has 2 rings (SSSR count). The minimum atomic E-state index is -0.159. The summed E-state index contributed by atoms with van der Waals surface area (Å²) in [6.07, 6.45) is 2.66. The summed E-state index contributed by atoms with van der Waals surface area (Å²) in [5.41, 5.74) is 2.34. The fourth-order valence-electron chi connectivity index (χ4n) is 1.41. The zero-order valence-electron chi connectivity index (χ0n) is 9.84. The lowest BCUT2D eigenvalue weighted by Gasteiger charge is -2.01. The van der Waals surface area contributed by atoms with Gasteiger partial charge in [-0.2, -0.15) is 0 Å². The number of hydrazine groups is 1. The van der Waals surface area contributed by atoms with Crippen LogP contribution in [0, 0.1) is 0 Å². The number of thiazole rings is 1. The van der Waals surface area contributed by atoms with Gasteiger partial charge in [0.05, 0.1) is 0 Å². The molecular formula is C9H14N6OS2. The Labute approximate surface area is 112 Å². The second-order valence-corrected chi connectivity index (χ2v) is 5.59. The maximum absolute atomic E-state index is 11.5. The second-order valence-electron chi connectivity index (χ2n) is 3.53. The Kier molecular flexibility index (Phi) is 4.39. The number of thioether (sulfide) groups is 1. The summed E-state index contributed by atoms with van der Waals surface area (Å²) in [5.74, 6) is 5.98. The standard InChI is InChI=1S/C9H14N6OS2/c1-2-3-15-8(16)13-14-9(15)17-5-6-4-11-7(12-10)18-6/h4H,2-3,5,10H2,1H3,(H,11,12)(H,13,16). The van der Waals surface area contributed by atoms with Gasteiger partial charge >= 0.3 is 5.69 Å². The van der Waals surface area contributed by atoms with Crippen molar-refractivity contribution >= 4 is 28.2 Å². The minimum Gasteiger partial charge on any atom is -0.300 e. The summed E-state index contributed by atoms with van der Waals surface area (Å²) in [4.78, 5) is 16.6. The zero-order chi connectivity index (χ0) is 13.0. The lowest BCUT2D eigenvalue weighted by molar-refractivity contribution is 0.604. The molecule has 98 valence electrons. The molecule has 0 bridgehead atoms. The summed E-state index contributed by atoms with van der Waals surface area (Å²) in [6, 6.07) is 0. The van der Waals surface area contributed by atoms with E-state index in [0.29, 0.717) is 22.6 Å². The summed E-state index contributed by atoms with van der Waals surface area (Å²) in [6.45, 7) is 2.70. The molecule has 0 aliphatic carbocycles. The van der Waals surface area contributed by atoms with Crippen molar-refractivity contribution in [1.82, 2.24) is 19.7 Å². The fourth-order valence-corrected chi connectivity index (χ4v) is 3.13. The van der Waals surface area contributed by atoms with Gasteiger partial charge in [-0.25, -0.2) is 20.7 Å². The first-order valence-corrected chi connectivity index (χ1v) is 7.24. The van der Waals surface area contributed by atoms with Gasteiger partial charge in [-0.3, -0.25) is 9.99 Å². The first-order valence-electron chi connectivity index (χ1n) is 5.44. The molecule has 7 nitrogen and oxygen atoms in total. The monoisotopic (exact) mass is 286 g/mol. The molecule has 0 unspecified atom stereocenters. The molecule has 4 N–H and O–H groups in total. The quantitative estimate of drug-likeness (QED) is 0.416. The van der Waals surface area contributed by atoms with Crippen LogP contribution in [-0.2, 0) is 12.3 Å². The summed E-state index contributed by atoms with van der Waals surface area (Å²) in [7, 11) is 0. The van der Waals surface area contributed by atoms with Crippen LogP contribution in [0.25, 0.3) is 0 Å². The van der Waals surface area contributed by atoms with Gasteiger partial charge in [0.1, 0.15) is 0 Å². The van der Waals surface area contributed by atoms with Crippen LogP contribution >= 0.6 is 23.1 Å². The van der Waals surface area contributed by atoms with E-state index in [1.807, 2.05) is 6.92 Å². The van der Waals surface area contributed by atoms with Crippen LogP contribution < -0.4 is 17.0 Å². The lowest BCUT2D eigenvalue weighted by atomic mass is 10.5. The molecule has 0 saturated heterocycles. The van der Waals surface area contributed by atoms with E-state index in [9.17, 15) is 4.79 Å². The van der Waals surface area contributed by atoms with Crippen molar-refractivity contribution in [3.63, 3.8) is 0 Å². The molecule has 0 amide bonds. The first kappa shape index (κ1) is 13.1. The van der Waals surface area contributed by atoms with E-state index in [-0.39, 0.29) is 5.69 Å². The van der Waals surface area contributed by atoms with Crippen molar-refractivity contribution in [2.45, 2.75) is 30.8 Å². The third-order valence-corrected chi connectivity index (χ3v) is 4.33. The molecule has 0 fully saturated rings. The second kappa shape index (κ2) is 6.03. The Morgan fingerprint density at radius 3 is 3.17 bits per heavy atom. The van der Waals surface area contributed by atoms with Crippen molar-refractivity contribution in [2.75, 3.05) is 5.43 Å². The molecule has 2 heterocycles. The lowest BCUT2D eigenvalue weighted by Crippen LogP contribution is -2.17. The molecule has 0 spiro atoms.